The monoisotopic (exact) mass is 505 g/mol. The molecular weight excluding hydrogens is 486 g/mol. The largest absolute Gasteiger partial charge is 0.278 e. The number of aromatic nitrogens is 3. The Morgan fingerprint density at radius 2 is 1.74 bits per heavy atom. The molecule has 0 amide bonds. The van der Waals surface area contributed by atoms with Crippen molar-refractivity contribution >= 4 is 45.7 Å². The number of para-hydroxylation sites is 1. The Morgan fingerprint density at radius 1 is 0.941 bits per heavy atom. The normalized spacial score (nSPS) is 11.3. The molecule has 0 aliphatic heterocycles. The fraction of sp³-hybridized carbons (Fsp3) is 0.115. The summed E-state index contributed by atoms with van der Waals surface area (Å²) in [6.07, 6.45) is 0. The number of hydrogen-bond acceptors (Lipinski definition) is 5. The van der Waals surface area contributed by atoms with E-state index in [1.54, 1.807) is 10.6 Å². The molecule has 3 aromatic carbocycles. The average Bonchev–Trinajstić information content (AvgIpc) is 3.16. The Bertz CT molecular complexity index is 1640. The molecule has 0 saturated heterocycles. The molecule has 4 nitrogen and oxygen atoms in total. The van der Waals surface area contributed by atoms with Crippen LogP contribution in [0.15, 0.2) is 82.7 Å². The highest BCUT2D eigenvalue weighted by Crippen LogP contribution is 2.29. The number of benzene rings is 3. The van der Waals surface area contributed by atoms with Gasteiger partial charge in [0.25, 0.3) is 5.56 Å². The van der Waals surface area contributed by atoms with Crippen LogP contribution in [-0.2, 0) is 5.75 Å². The third kappa shape index (κ3) is 4.24. The lowest BCUT2D eigenvalue weighted by Crippen LogP contribution is -2.21. The number of fused-ring (bicyclic) bond motifs is 1. The molecule has 5 rings (SSSR count). The van der Waals surface area contributed by atoms with Crippen LogP contribution in [0.2, 0.25) is 0 Å². The molecule has 2 aromatic heterocycles. The molecule has 0 N–H and O–H groups in total. The van der Waals surface area contributed by atoms with Crippen LogP contribution in [0.25, 0.3) is 21.7 Å². The maximum atomic E-state index is 13.7. The van der Waals surface area contributed by atoms with E-state index < -0.39 is 0 Å². The molecule has 0 unspecified atom stereocenters. The minimum Gasteiger partial charge on any atom is -0.275 e. The zero-order valence-electron chi connectivity index (χ0n) is 18.5. The first-order valence-corrected chi connectivity index (χ1v) is 12.8. The minimum atomic E-state index is -0.289. The molecule has 0 saturated carbocycles. The molecule has 0 aliphatic rings. The van der Waals surface area contributed by atoms with Gasteiger partial charge < -0.3 is 0 Å². The number of thioether (sulfide) groups is 1. The number of thiazole rings is 1. The van der Waals surface area contributed by atoms with Crippen molar-refractivity contribution in [2.24, 2.45) is 0 Å². The lowest BCUT2D eigenvalue weighted by Gasteiger charge is -2.13. The molecule has 0 fully saturated rings. The second kappa shape index (κ2) is 9.29. The van der Waals surface area contributed by atoms with Gasteiger partial charge in [0.2, 0.25) is 0 Å². The summed E-state index contributed by atoms with van der Waals surface area (Å²) in [5, 5.41) is 0.526. The Hall–Kier alpha value is -3.07. The van der Waals surface area contributed by atoms with Crippen molar-refractivity contribution in [3.05, 3.63) is 110 Å². The van der Waals surface area contributed by atoms with Gasteiger partial charge in [-0.05, 0) is 79.2 Å². The Balaban J connectivity index is 1.72. The van der Waals surface area contributed by atoms with Gasteiger partial charge in [-0.1, -0.05) is 59.5 Å². The second-order valence-corrected chi connectivity index (χ2v) is 10.5. The van der Waals surface area contributed by atoms with Gasteiger partial charge >= 0.3 is 0 Å². The molecule has 8 heteroatoms. The van der Waals surface area contributed by atoms with Gasteiger partial charge in [-0.15, -0.1) is 0 Å². The summed E-state index contributed by atoms with van der Waals surface area (Å²) in [6, 6.07) is 22.0. The van der Waals surface area contributed by atoms with Crippen molar-refractivity contribution in [1.29, 1.82) is 0 Å². The van der Waals surface area contributed by atoms with E-state index >= 15 is 0 Å². The quantitative estimate of drug-likeness (QED) is 0.146. The van der Waals surface area contributed by atoms with Crippen LogP contribution in [0.4, 0.5) is 4.39 Å². The minimum absolute atomic E-state index is 0.170. The van der Waals surface area contributed by atoms with Gasteiger partial charge in [0, 0.05) is 11.4 Å². The molecule has 170 valence electrons. The number of halogens is 1. The summed E-state index contributed by atoms with van der Waals surface area (Å²) in [5.74, 6) is 0.181. The van der Waals surface area contributed by atoms with E-state index in [2.05, 4.69) is 13.0 Å². The summed E-state index contributed by atoms with van der Waals surface area (Å²) >= 11 is 8.34. The van der Waals surface area contributed by atoms with Crippen LogP contribution in [0.5, 0.6) is 0 Å². The smallest absolute Gasteiger partial charge is 0.275 e. The van der Waals surface area contributed by atoms with E-state index in [0.29, 0.717) is 25.2 Å². The maximum Gasteiger partial charge on any atom is 0.278 e. The molecule has 0 radical (unpaired) electrons. The van der Waals surface area contributed by atoms with Gasteiger partial charge in [0.15, 0.2) is 14.8 Å². The highest BCUT2D eigenvalue weighted by atomic mass is 32.2. The predicted molar refractivity (Wildman–Crippen MR) is 141 cm³/mol. The first-order chi connectivity index (χ1) is 16.4. The Morgan fingerprint density at radius 3 is 2.47 bits per heavy atom. The summed E-state index contributed by atoms with van der Waals surface area (Å²) in [6.45, 7) is 4.11. The SMILES string of the molecule is Cc1ccc(-n2c(=S)sc3c(=O)n(-c4ccccc4)c(SCc4cccc(F)c4)nc32)cc1C. The third-order valence-electron chi connectivity index (χ3n) is 5.60. The number of rotatable bonds is 5. The van der Waals surface area contributed by atoms with E-state index in [4.69, 9.17) is 17.2 Å². The average molecular weight is 506 g/mol. The first kappa shape index (κ1) is 22.7. The standard InChI is InChI=1S/C26H20FN3OS3/c1-16-11-12-21(13-17(16)2)29-23-22(34-26(29)32)24(31)30(20-9-4-3-5-10-20)25(28-23)33-15-18-7-6-8-19(27)14-18/h3-14H,15H2,1-2H3. The van der Waals surface area contributed by atoms with Gasteiger partial charge in [-0.3, -0.25) is 13.9 Å². The van der Waals surface area contributed by atoms with Crippen LogP contribution in [-0.4, -0.2) is 14.1 Å². The van der Waals surface area contributed by atoms with Gasteiger partial charge in [-0.25, -0.2) is 9.37 Å². The molecule has 0 bridgehead atoms. The van der Waals surface area contributed by atoms with Crippen LogP contribution < -0.4 is 5.56 Å². The Labute approximate surface area is 209 Å². The fourth-order valence-corrected chi connectivity index (χ4v) is 5.95. The molecular formula is C26H20FN3OS3. The van der Waals surface area contributed by atoms with Crippen LogP contribution in [0.1, 0.15) is 16.7 Å². The van der Waals surface area contributed by atoms with Crippen molar-refractivity contribution in [3.63, 3.8) is 0 Å². The number of aryl methyl sites for hydroxylation is 2. The molecule has 5 aromatic rings. The van der Waals surface area contributed by atoms with Gasteiger partial charge in [0.05, 0.1) is 5.69 Å². The van der Waals surface area contributed by atoms with Gasteiger partial charge in [-0.2, -0.15) is 0 Å². The van der Waals surface area contributed by atoms with Crippen molar-refractivity contribution < 1.29 is 4.39 Å². The molecule has 0 atom stereocenters. The summed E-state index contributed by atoms with van der Waals surface area (Å²) < 4.78 is 18.3. The zero-order valence-corrected chi connectivity index (χ0v) is 20.9. The Kier molecular flexibility index (Phi) is 6.20. The van der Waals surface area contributed by atoms with Crippen LogP contribution in [0.3, 0.4) is 0 Å². The zero-order chi connectivity index (χ0) is 23.8. The molecule has 2 heterocycles. The van der Waals surface area contributed by atoms with Crippen molar-refractivity contribution in [2.45, 2.75) is 24.8 Å². The summed E-state index contributed by atoms with van der Waals surface area (Å²) in [4.78, 5) is 18.7. The first-order valence-electron chi connectivity index (χ1n) is 10.6. The van der Waals surface area contributed by atoms with Crippen LogP contribution >= 0.6 is 35.3 Å². The third-order valence-corrected chi connectivity index (χ3v) is 7.96. The fourth-order valence-electron chi connectivity index (χ4n) is 3.70. The van der Waals surface area contributed by atoms with E-state index in [1.807, 2.05) is 60.0 Å². The lowest BCUT2D eigenvalue weighted by atomic mass is 10.1. The summed E-state index contributed by atoms with van der Waals surface area (Å²) in [5.41, 5.74) is 5.10. The van der Waals surface area contributed by atoms with E-state index in [0.717, 1.165) is 22.5 Å². The lowest BCUT2D eigenvalue weighted by molar-refractivity contribution is 0.626. The van der Waals surface area contributed by atoms with Crippen molar-refractivity contribution in [1.82, 2.24) is 14.1 Å². The predicted octanol–water partition coefficient (Wildman–Crippen LogP) is 7.02. The van der Waals surface area contributed by atoms with Crippen LogP contribution in [0, 0.1) is 23.6 Å². The van der Waals surface area contributed by atoms with E-state index in [-0.39, 0.29) is 11.4 Å². The second-order valence-electron chi connectivity index (χ2n) is 7.91. The number of nitrogens with zero attached hydrogens (tertiary/aromatic N) is 3. The summed E-state index contributed by atoms with van der Waals surface area (Å²) in [7, 11) is 0. The maximum absolute atomic E-state index is 13.7. The van der Waals surface area contributed by atoms with Crippen molar-refractivity contribution in [3.8, 4) is 11.4 Å². The van der Waals surface area contributed by atoms with E-state index in [1.165, 1.54) is 40.8 Å². The molecule has 34 heavy (non-hydrogen) atoms. The molecule has 0 aliphatic carbocycles. The topological polar surface area (TPSA) is 39.8 Å². The van der Waals surface area contributed by atoms with Gasteiger partial charge in [0.1, 0.15) is 10.5 Å². The van der Waals surface area contributed by atoms with Crippen molar-refractivity contribution in [2.75, 3.05) is 0 Å². The highest BCUT2D eigenvalue weighted by Gasteiger charge is 2.19. The molecule has 0 spiro atoms. The van der Waals surface area contributed by atoms with E-state index in [9.17, 15) is 9.18 Å². The highest BCUT2D eigenvalue weighted by molar-refractivity contribution is 7.98. The number of hydrogen-bond donors (Lipinski definition) is 0.